The molecule has 3 nitrogen and oxygen atoms in total. The van der Waals surface area contributed by atoms with E-state index in [0.29, 0.717) is 6.04 Å². The molecular weight excluding hydrogens is 232 g/mol. The molecule has 0 spiro atoms. The molecule has 0 bridgehead atoms. The van der Waals surface area contributed by atoms with Crippen LogP contribution in [0.5, 0.6) is 0 Å². The molecule has 0 radical (unpaired) electrons. The fourth-order valence-corrected chi connectivity index (χ4v) is 3.15. The lowest BCUT2D eigenvalue weighted by Gasteiger charge is -2.20. The summed E-state index contributed by atoms with van der Waals surface area (Å²) >= 11 is 1.66. The van der Waals surface area contributed by atoms with Gasteiger partial charge < -0.3 is 10.0 Å². The maximum atomic E-state index is 9.68. The molecule has 0 aromatic carbocycles. The number of thiazole rings is 1. The summed E-state index contributed by atoms with van der Waals surface area (Å²) in [4.78, 5) is 8.08. The summed E-state index contributed by atoms with van der Waals surface area (Å²) in [6, 6.07) is 0.703. The van der Waals surface area contributed by atoms with Crippen molar-refractivity contribution in [2.45, 2.75) is 58.6 Å². The molecule has 1 fully saturated rings. The van der Waals surface area contributed by atoms with Gasteiger partial charge in [0.1, 0.15) is 0 Å². The van der Waals surface area contributed by atoms with Gasteiger partial charge in [-0.15, -0.1) is 0 Å². The third-order valence-corrected chi connectivity index (χ3v) is 4.55. The zero-order valence-electron chi connectivity index (χ0n) is 10.9. The Labute approximate surface area is 107 Å². The minimum Gasteiger partial charge on any atom is -0.388 e. The summed E-state index contributed by atoms with van der Waals surface area (Å²) < 4.78 is 0. The zero-order valence-corrected chi connectivity index (χ0v) is 11.8. The van der Waals surface area contributed by atoms with Gasteiger partial charge in [0.2, 0.25) is 0 Å². The van der Waals surface area contributed by atoms with Crippen molar-refractivity contribution in [1.29, 1.82) is 0 Å². The smallest absolute Gasteiger partial charge is 0.186 e. The molecule has 1 unspecified atom stereocenters. The second-order valence-corrected chi connectivity index (χ2v) is 5.91. The van der Waals surface area contributed by atoms with Gasteiger partial charge in [-0.1, -0.05) is 24.7 Å². The van der Waals surface area contributed by atoms with Gasteiger partial charge >= 0.3 is 0 Å². The highest BCUT2D eigenvalue weighted by atomic mass is 32.1. The molecule has 96 valence electrons. The highest BCUT2D eigenvalue weighted by molar-refractivity contribution is 7.15. The monoisotopic (exact) mass is 254 g/mol. The van der Waals surface area contributed by atoms with Crippen LogP contribution in [0.1, 0.15) is 56.2 Å². The Bertz CT molecular complexity index is 371. The summed E-state index contributed by atoms with van der Waals surface area (Å²) in [5.74, 6) is 0. The first-order chi connectivity index (χ1) is 8.13. The molecule has 0 saturated heterocycles. The second kappa shape index (κ2) is 5.36. The zero-order chi connectivity index (χ0) is 12.4. The SMILES string of the molecule is CCCCN(c1nc(C)c(C(C)O)s1)C1CC1. The van der Waals surface area contributed by atoms with Crippen LogP contribution in [0, 0.1) is 6.92 Å². The van der Waals surface area contributed by atoms with Crippen LogP contribution in [0.15, 0.2) is 0 Å². The van der Waals surface area contributed by atoms with Gasteiger partial charge in [0, 0.05) is 12.6 Å². The molecule has 0 aliphatic heterocycles. The molecule has 1 aliphatic carbocycles. The second-order valence-electron chi connectivity index (χ2n) is 4.90. The van der Waals surface area contributed by atoms with E-state index in [-0.39, 0.29) is 0 Å². The summed E-state index contributed by atoms with van der Waals surface area (Å²) in [6.45, 7) is 7.14. The maximum absolute atomic E-state index is 9.68. The van der Waals surface area contributed by atoms with Gasteiger partial charge in [0.25, 0.3) is 0 Å². The van der Waals surface area contributed by atoms with E-state index in [1.54, 1.807) is 11.3 Å². The lowest BCUT2D eigenvalue weighted by atomic mass is 10.3. The van der Waals surface area contributed by atoms with Gasteiger partial charge in [0.05, 0.1) is 16.7 Å². The van der Waals surface area contributed by atoms with Crippen LogP contribution >= 0.6 is 11.3 Å². The van der Waals surface area contributed by atoms with Crippen molar-refractivity contribution in [1.82, 2.24) is 4.98 Å². The molecular formula is C13H22N2OS. The van der Waals surface area contributed by atoms with Gasteiger partial charge in [-0.25, -0.2) is 4.98 Å². The standard InChI is InChI=1S/C13H22N2OS/c1-4-5-8-15(11-6-7-11)13-14-9(2)12(17-13)10(3)16/h10-11,16H,4-8H2,1-3H3. The number of hydrogen-bond donors (Lipinski definition) is 1. The van der Waals surface area contributed by atoms with Crippen molar-refractivity contribution in [2.24, 2.45) is 0 Å². The van der Waals surface area contributed by atoms with Crippen LogP contribution in [0.25, 0.3) is 0 Å². The first-order valence-electron chi connectivity index (χ1n) is 6.55. The van der Waals surface area contributed by atoms with E-state index in [1.165, 1.54) is 25.7 Å². The quantitative estimate of drug-likeness (QED) is 0.846. The van der Waals surface area contributed by atoms with E-state index in [4.69, 9.17) is 0 Å². The number of nitrogens with zero attached hydrogens (tertiary/aromatic N) is 2. The maximum Gasteiger partial charge on any atom is 0.186 e. The Morgan fingerprint density at radius 3 is 2.71 bits per heavy atom. The first kappa shape index (κ1) is 12.8. The molecule has 1 aromatic rings. The van der Waals surface area contributed by atoms with Crippen LogP contribution in [0.3, 0.4) is 0 Å². The van der Waals surface area contributed by atoms with E-state index in [9.17, 15) is 5.11 Å². The minimum absolute atomic E-state index is 0.395. The summed E-state index contributed by atoms with van der Waals surface area (Å²) in [6.07, 6.45) is 4.64. The Balaban J connectivity index is 2.14. The van der Waals surface area contributed by atoms with Crippen LogP contribution in [-0.4, -0.2) is 22.7 Å². The molecule has 17 heavy (non-hydrogen) atoms. The number of hydrogen-bond acceptors (Lipinski definition) is 4. The van der Waals surface area contributed by atoms with Gasteiger partial charge in [-0.3, -0.25) is 0 Å². The van der Waals surface area contributed by atoms with Crippen molar-refractivity contribution in [2.75, 3.05) is 11.4 Å². The van der Waals surface area contributed by atoms with E-state index in [1.807, 2.05) is 13.8 Å². The summed E-state index contributed by atoms with van der Waals surface area (Å²) in [5, 5.41) is 10.8. The fraction of sp³-hybridized carbons (Fsp3) is 0.769. The predicted octanol–water partition coefficient (Wildman–Crippen LogP) is 3.27. The molecule has 4 heteroatoms. The lowest BCUT2D eigenvalue weighted by Crippen LogP contribution is -2.26. The predicted molar refractivity (Wildman–Crippen MR) is 72.8 cm³/mol. The number of aliphatic hydroxyl groups excluding tert-OH is 1. The average Bonchev–Trinajstić information content (AvgIpc) is 3.02. The Hall–Kier alpha value is -0.610. The minimum atomic E-state index is -0.395. The lowest BCUT2D eigenvalue weighted by molar-refractivity contribution is 0.202. The van der Waals surface area contributed by atoms with E-state index >= 15 is 0 Å². The average molecular weight is 254 g/mol. The molecule has 0 amide bonds. The number of aliphatic hydroxyl groups is 1. The number of aryl methyl sites for hydroxylation is 1. The topological polar surface area (TPSA) is 36.4 Å². The molecule has 1 aliphatic rings. The van der Waals surface area contributed by atoms with E-state index < -0.39 is 6.10 Å². The summed E-state index contributed by atoms with van der Waals surface area (Å²) in [5.41, 5.74) is 0.988. The van der Waals surface area contributed by atoms with Crippen LogP contribution in [0.2, 0.25) is 0 Å². The molecule has 1 aromatic heterocycles. The Morgan fingerprint density at radius 2 is 2.24 bits per heavy atom. The largest absolute Gasteiger partial charge is 0.388 e. The normalized spacial score (nSPS) is 17.2. The number of aromatic nitrogens is 1. The number of anilines is 1. The molecule has 1 saturated carbocycles. The third-order valence-electron chi connectivity index (χ3n) is 3.19. The molecule has 1 heterocycles. The number of rotatable bonds is 6. The van der Waals surface area contributed by atoms with Crippen molar-refractivity contribution in [3.05, 3.63) is 10.6 Å². The Kier molecular flexibility index (Phi) is 4.05. The molecule has 1 N–H and O–H groups in total. The van der Waals surface area contributed by atoms with E-state index in [0.717, 1.165) is 22.2 Å². The van der Waals surface area contributed by atoms with Gasteiger partial charge in [-0.2, -0.15) is 0 Å². The third kappa shape index (κ3) is 2.99. The molecule has 2 rings (SSSR count). The first-order valence-corrected chi connectivity index (χ1v) is 7.37. The van der Waals surface area contributed by atoms with Gasteiger partial charge in [-0.05, 0) is 33.1 Å². The van der Waals surface area contributed by atoms with Crippen molar-refractivity contribution in [3.63, 3.8) is 0 Å². The van der Waals surface area contributed by atoms with E-state index in [2.05, 4.69) is 16.8 Å². The van der Waals surface area contributed by atoms with Crippen LogP contribution < -0.4 is 4.90 Å². The van der Waals surface area contributed by atoms with Crippen molar-refractivity contribution >= 4 is 16.5 Å². The Morgan fingerprint density at radius 1 is 1.53 bits per heavy atom. The van der Waals surface area contributed by atoms with Crippen LogP contribution in [0.4, 0.5) is 5.13 Å². The van der Waals surface area contributed by atoms with Gasteiger partial charge in [0.15, 0.2) is 5.13 Å². The van der Waals surface area contributed by atoms with Crippen molar-refractivity contribution in [3.8, 4) is 0 Å². The highest BCUT2D eigenvalue weighted by Gasteiger charge is 2.31. The fourth-order valence-electron chi connectivity index (χ4n) is 2.05. The number of unbranched alkanes of at least 4 members (excludes halogenated alkanes) is 1. The molecule has 1 atom stereocenters. The highest BCUT2D eigenvalue weighted by Crippen LogP contribution is 2.37. The summed E-state index contributed by atoms with van der Waals surface area (Å²) in [7, 11) is 0. The van der Waals surface area contributed by atoms with Crippen molar-refractivity contribution < 1.29 is 5.11 Å². The van der Waals surface area contributed by atoms with Crippen LogP contribution in [-0.2, 0) is 0 Å².